The van der Waals surface area contributed by atoms with Crippen molar-refractivity contribution < 1.29 is 19.5 Å². The summed E-state index contributed by atoms with van der Waals surface area (Å²) in [5.74, 6) is -1.57. The molecule has 0 aromatic carbocycles. The molecule has 2 rings (SSSR count). The van der Waals surface area contributed by atoms with E-state index in [0.717, 1.165) is 16.4 Å². The maximum Gasteiger partial charge on any atom is 0.328 e. The Morgan fingerprint density at radius 2 is 2.39 bits per heavy atom. The molecule has 0 aliphatic carbocycles. The largest absolute Gasteiger partial charge is 0.480 e. The number of urea groups is 1. The lowest BCUT2D eigenvalue weighted by Crippen LogP contribution is -2.60. The van der Waals surface area contributed by atoms with E-state index in [-0.39, 0.29) is 13.1 Å². The van der Waals surface area contributed by atoms with E-state index >= 15 is 0 Å². The first kappa shape index (κ1) is 12.2. The highest BCUT2D eigenvalue weighted by Crippen LogP contribution is 2.12. The van der Waals surface area contributed by atoms with E-state index in [9.17, 15) is 14.4 Å². The number of carboxylic acid groups (broad SMARTS) is 1. The summed E-state index contributed by atoms with van der Waals surface area (Å²) < 4.78 is 3.55. The highest BCUT2D eigenvalue weighted by atomic mass is 32.1. The van der Waals surface area contributed by atoms with E-state index in [1.54, 1.807) is 0 Å². The van der Waals surface area contributed by atoms with E-state index in [2.05, 4.69) is 20.2 Å². The van der Waals surface area contributed by atoms with Gasteiger partial charge in [0, 0.05) is 18.1 Å². The maximum atomic E-state index is 11.8. The van der Waals surface area contributed by atoms with Gasteiger partial charge in [-0.1, -0.05) is 4.49 Å². The molecule has 1 unspecified atom stereocenters. The lowest BCUT2D eigenvalue weighted by Gasteiger charge is -2.32. The van der Waals surface area contributed by atoms with Crippen molar-refractivity contribution in [3.8, 4) is 0 Å². The summed E-state index contributed by atoms with van der Waals surface area (Å²) in [6.07, 6.45) is 1.34. The van der Waals surface area contributed by atoms with Gasteiger partial charge in [0.25, 0.3) is 0 Å². The van der Waals surface area contributed by atoms with Crippen LogP contribution in [0.4, 0.5) is 9.80 Å². The number of hydrogen-bond acceptors (Lipinski definition) is 6. The molecular formula is C8H9N5O4S. The summed E-state index contributed by atoms with van der Waals surface area (Å²) in [4.78, 5) is 35.0. The number of aliphatic carboxylic acids is 1. The molecular weight excluding hydrogens is 262 g/mol. The van der Waals surface area contributed by atoms with E-state index in [4.69, 9.17) is 5.11 Å². The van der Waals surface area contributed by atoms with Crippen LogP contribution in [0.2, 0.25) is 0 Å². The highest BCUT2D eigenvalue weighted by molar-refractivity contribution is 7.10. The zero-order valence-corrected chi connectivity index (χ0v) is 9.81. The number of amides is 3. The van der Waals surface area contributed by atoms with Crippen LogP contribution in [0.3, 0.4) is 0 Å². The van der Waals surface area contributed by atoms with Crippen molar-refractivity contribution in [2.45, 2.75) is 6.04 Å². The molecule has 1 fully saturated rings. The average Bonchev–Trinajstić information content (AvgIpc) is 2.81. The minimum Gasteiger partial charge on any atom is -0.480 e. The van der Waals surface area contributed by atoms with Gasteiger partial charge in [-0.3, -0.25) is 15.0 Å². The Morgan fingerprint density at radius 3 is 3.00 bits per heavy atom. The smallest absolute Gasteiger partial charge is 0.328 e. The Bertz CT molecular complexity index is 476. The molecule has 1 atom stereocenters. The summed E-state index contributed by atoms with van der Waals surface area (Å²) in [7, 11) is 0. The van der Waals surface area contributed by atoms with Crippen LogP contribution in [0.5, 0.6) is 0 Å². The first-order chi connectivity index (χ1) is 8.58. The Balaban J connectivity index is 2.09. The van der Waals surface area contributed by atoms with Crippen molar-refractivity contribution in [1.29, 1.82) is 0 Å². The van der Waals surface area contributed by atoms with Gasteiger partial charge in [-0.2, -0.15) is 0 Å². The lowest BCUT2D eigenvalue weighted by atomic mass is 10.2. The van der Waals surface area contributed by atoms with E-state index in [1.807, 2.05) is 0 Å². The van der Waals surface area contributed by atoms with Crippen LogP contribution in [-0.2, 0) is 9.59 Å². The van der Waals surface area contributed by atoms with Crippen LogP contribution in [0, 0.1) is 0 Å². The second-order valence-electron chi connectivity index (χ2n) is 3.50. The number of nitrogens with one attached hydrogen (secondary N) is 2. The SMILES string of the molecule is O=C1CN(C(=O)Nc2cnns2)C(C(=O)O)CN1. The number of carboxylic acids is 1. The summed E-state index contributed by atoms with van der Waals surface area (Å²) >= 11 is 0.958. The molecule has 3 amide bonds. The fourth-order valence-corrected chi connectivity index (χ4v) is 1.88. The number of piperazine rings is 1. The molecule has 1 aromatic heterocycles. The van der Waals surface area contributed by atoms with Crippen molar-refractivity contribution in [2.24, 2.45) is 0 Å². The lowest BCUT2D eigenvalue weighted by molar-refractivity contribution is -0.144. The molecule has 3 N–H and O–H groups in total. The summed E-state index contributed by atoms with van der Waals surface area (Å²) in [5.41, 5.74) is 0. The number of rotatable bonds is 2. The van der Waals surface area contributed by atoms with E-state index in [1.165, 1.54) is 6.20 Å². The van der Waals surface area contributed by atoms with Crippen molar-refractivity contribution in [3.63, 3.8) is 0 Å². The molecule has 0 radical (unpaired) electrons. The van der Waals surface area contributed by atoms with Crippen molar-refractivity contribution in [1.82, 2.24) is 19.8 Å². The van der Waals surface area contributed by atoms with Gasteiger partial charge in [-0.05, 0) is 0 Å². The van der Waals surface area contributed by atoms with Crippen LogP contribution in [0.15, 0.2) is 6.20 Å². The van der Waals surface area contributed by atoms with Gasteiger partial charge in [-0.15, -0.1) is 5.10 Å². The fourth-order valence-electron chi connectivity index (χ4n) is 1.47. The number of carbonyl (C=O) groups is 3. The standard InChI is InChI=1S/C8H9N5O4S/c14-5-3-13(4(1-9-5)7(15)16)8(17)11-6-2-10-12-18-6/h2,4H,1,3H2,(H,9,14)(H,11,17)(H,15,16). The number of nitrogens with zero attached hydrogens (tertiary/aromatic N) is 3. The normalized spacial score (nSPS) is 19.2. The molecule has 0 bridgehead atoms. The summed E-state index contributed by atoms with van der Waals surface area (Å²) in [6.45, 7) is -0.405. The van der Waals surface area contributed by atoms with Crippen LogP contribution in [0.1, 0.15) is 0 Å². The Hall–Kier alpha value is -2.23. The number of carbonyl (C=O) groups excluding carboxylic acids is 2. The molecule has 1 aliphatic rings. The number of hydrogen-bond donors (Lipinski definition) is 3. The van der Waals surface area contributed by atoms with Crippen LogP contribution >= 0.6 is 11.5 Å². The average molecular weight is 271 g/mol. The molecule has 1 aromatic rings. The van der Waals surface area contributed by atoms with Crippen LogP contribution < -0.4 is 10.6 Å². The Kier molecular flexibility index (Phi) is 3.37. The third-order valence-corrected chi connectivity index (χ3v) is 2.90. The zero-order chi connectivity index (χ0) is 13.1. The van der Waals surface area contributed by atoms with Crippen LogP contribution in [-0.4, -0.2) is 56.6 Å². The number of aromatic nitrogens is 2. The molecule has 1 saturated heterocycles. The van der Waals surface area contributed by atoms with Gasteiger partial charge in [0.05, 0.1) is 6.20 Å². The Labute approximate surface area is 105 Å². The predicted molar refractivity (Wildman–Crippen MR) is 60.1 cm³/mol. The molecule has 1 aliphatic heterocycles. The van der Waals surface area contributed by atoms with Gasteiger partial charge < -0.3 is 10.4 Å². The van der Waals surface area contributed by atoms with Crippen LogP contribution in [0.25, 0.3) is 0 Å². The van der Waals surface area contributed by atoms with Gasteiger partial charge in [0.2, 0.25) is 5.91 Å². The van der Waals surface area contributed by atoms with Gasteiger partial charge >= 0.3 is 12.0 Å². The summed E-state index contributed by atoms with van der Waals surface area (Å²) in [5, 5.41) is 17.7. The molecule has 2 heterocycles. The third-order valence-electron chi connectivity index (χ3n) is 2.32. The van der Waals surface area contributed by atoms with Gasteiger partial charge in [0.1, 0.15) is 17.6 Å². The van der Waals surface area contributed by atoms with E-state index in [0.29, 0.717) is 5.00 Å². The molecule has 96 valence electrons. The monoisotopic (exact) mass is 271 g/mol. The quantitative estimate of drug-likeness (QED) is 0.630. The fraction of sp³-hybridized carbons (Fsp3) is 0.375. The molecule has 0 spiro atoms. The van der Waals surface area contributed by atoms with Crippen molar-refractivity contribution >= 4 is 34.4 Å². The zero-order valence-electron chi connectivity index (χ0n) is 8.99. The van der Waals surface area contributed by atoms with Gasteiger partial charge in [-0.25, -0.2) is 9.59 Å². The molecule has 10 heteroatoms. The molecule has 18 heavy (non-hydrogen) atoms. The minimum atomic E-state index is -1.17. The second-order valence-corrected chi connectivity index (χ2v) is 4.28. The Morgan fingerprint density at radius 1 is 1.61 bits per heavy atom. The summed E-state index contributed by atoms with van der Waals surface area (Å²) in [6, 6.07) is -1.74. The predicted octanol–water partition coefficient (Wildman–Crippen LogP) is -1.04. The first-order valence-corrected chi connectivity index (χ1v) is 5.70. The second kappa shape index (κ2) is 4.96. The third kappa shape index (κ3) is 2.53. The van der Waals surface area contributed by atoms with E-state index < -0.39 is 23.9 Å². The van der Waals surface area contributed by atoms with Gasteiger partial charge in [0.15, 0.2) is 0 Å². The van der Waals surface area contributed by atoms with Crippen molar-refractivity contribution in [2.75, 3.05) is 18.4 Å². The number of anilines is 1. The minimum absolute atomic E-state index is 0.109. The first-order valence-electron chi connectivity index (χ1n) is 4.92. The molecule has 0 saturated carbocycles. The van der Waals surface area contributed by atoms with Crippen molar-refractivity contribution in [3.05, 3.63) is 6.20 Å². The maximum absolute atomic E-state index is 11.8. The molecule has 9 nitrogen and oxygen atoms in total. The highest BCUT2D eigenvalue weighted by Gasteiger charge is 2.35. The topological polar surface area (TPSA) is 125 Å².